The van der Waals surface area contributed by atoms with Crippen molar-refractivity contribution in [3.05, 3.63) is 60.0 Å². The van der Waals surface area contributed by atoms with Crippen LogP contribution in [0.1, 0.15) is 16.2 Å². The fourth-order valence-electron chi connectivity index (χ4n) is 2.15. The van der Waals surface area contributed by atoms with E-state index < -0.39 is 5.91 Å². The van der Waals surface area contributed by atoms with Gasteiger partial charge in [0.1, 0.15) is 5.75 Å². The lowest BCUT2D eigenvalue weighted by atomic mass is 10.2. The number of anilines is 1. The van der Waals surface area contributed by atoms with E-state index in [0.29, 0.717) is 17.0 Å². The lowest BCUT2D eigenvalue weighted by Gasteiger charge is -2.04. The Balaban J connectivity index is 1.83. The number of hydrogen-bond acceptors (Lipinski definition) is 5. The number of hydrogen-bond donors (Lipinski definition) is 1. The monoisotopic (exact) mass is 309 g/mol. The molecule has 116 valence electrons. The van der Waals surface area contributed by atoms with Crippen LogP contribution in [-0.2, 0) is 0 Å². The maximum absolute atomic E-state index is 12.2. The number of methoxy groups -OCH3 is 1. The van der Waals surface area contributed by atoms with Crippen LogP contribution in [0.5, 0.6) is 5.75 Å². The van der Waals surface area contributed by atoms with E-state index in [1.54, 1.807) is 25.3 Å². The van der Waals surface area contributed by atoms with Gasteiger partial charge in [0.25, 0.3) is 5.89 Å². The van der Waals surface area contributed by atoms with Crippen LogP contribution >= 0.6 is 0 Å². The van der Waals surface area contributed by atoms with Crippen LogP contribution in [-0.4, -0.2) is 23.2 Å². The molecule has 1 N–H and O–H groups in total. The molecule has 6 heteroatoms. The third-order valence-electron chi connectivity index (χ3n) is 3.23. The van der Waals surface area contributed by atoms with Gasteiger partial charge in [-0.1, -0.05) is 24.3 Å². The molecule has 1 aromatic heterocycles. The van der Waals surface area contributed by atoms with Crippen LogP contribution in [0.25, 0.3) is 11.5 Å². The summed E-state index contributed by atoms with van der Waals surface area (Å²) >= 11 is 0. The molecule has 1 amide bonds. The number of nitrogens with one attached hydrogen (secondary N) is 1. The largest absolute Gasteiger partial charge is 0.496 e. The molecule has 0 saturated heterocycles. The number of benzene rings is 2. The van der Waals surface area contributed by atoms with Crippen LogP contribution in [0.3, 0.4) is 0 Å². The third-order valence-corrected chi connectivity index (χ3v) is 3.23. The minimum atomic E-state index is -0.454. The standard InChI is InChI=1S/C17H15N3O3/c1-11-6-5-7-12(10-11)18-15(21)17-20-19-16(23-17)13-8-3-4-9-14(13)22-2/h3-10H,1-2H3,(H,18,21). The highest BCUT2D eigenvalue weighted by Gasteiger charge is 2.18. The van der Waals surface area contributed by atoms with Gasteiger partial charge >= 0.3 is 11.8 Å². The minimum absolute atomic E-state index is 0.104. The van der Waals surface area contributed by atoms with Gasteiger partial charge in [-0.2, -0.15) is 0 Å². The van der Waals surface area contributed by atoms with Gasteiger partial charge < -0.3 is 14.5 Å². The van der Waals surface area contributed by atoms with Gasteiger partial charge in [-0.15, -0.1) is 10.2 Å². The van der Waals surface area contributed by atoms with Crippen molar-refractivity contribution in [1.82, 2.24) is 10.2 Å². The number of amides is 1. The number of carbonyl (C=O) groups is 1. The van der Waals surface area contributed by atoms with E-state index in [0.717, 1.165) is 5.56 Å². The highest BCUT2D eigenvalue weighted by atomic mass is 16.5. The second-order valence-electron chi connectivity index (χ2n) is 4.94. The fraction of sp³-hybridized carbons (Fsp3) is 0.118. The molecule has 3 aromatic rings. The maximum Gasteiger partial charge on any atom is 0.313 e. The lowest BCUT2D eigenvalue weighted by Crippen LogP contribution is -2.12. The minimum Gasteiger partial charge on any atom is -0.496 e. The molecule has 0 fully saturated rings. The van der Waals surface area contributed by atoms with Crippen LogP contribution in [0.4, 0.5) is 5.69 Å². The van der Waals surface area contributed by atoms with Gasteiger partial charge in [0, 0.05) is 5.69 Å². The molecule has 23 heavy (non-hydrogen) atoms. The second kappa shape index (κ2) is 6.31. The molecular formula is C17H15N3O3. The van der Waals surface area contributed by atoms with Crippen molar-refractivity contribution < 1.29 is 13.9 Å². The molecule has 6 nitrogen and oxygen atoms in total. The number of carbonyl (C=O) groups excluding carboxylic acids is 1. The van der Waals surface area contributed by atoms with E-state index in [2.05, 4.69) is 15.5 Å². The molecule has 0 unspecified atom stereocenters. The van der Waals surface area contributed by atoms with Gasteiger partial charge in [-0.25, -0.2) is 0 Å². The van der Waals surface area contributed by atoms with Gasteiger partial charge in [-0.05, 0) is 36.8 Å². The van der Waals surface area contributed by atoms with Gasteiger partial charge in [-0.3, -0.25) is 4.79 Å². The summed E-state index contributed by atoms with van der Waals surface area (Å²) in [6.45, 7) is 1.95. The zero-order valence-corrected chi connectivity index (χ0v) is 12.7. The Morgan fingerprint density at radius 1 is 1.13 bits per heavy atom. The number of aromatic nitrogens is 2. The molecular weight excluding hydrogens is 294 g/mol. The quantitative estimate of drug-likeness (QED) is 0.800. The van der Waals surface area contributed by atoms with E-state index in [9.17, 15) is 4.79 Å². The summed E-state index contributed by atoms with van der Waals surface area (Å²) in [6.07, 6.45) is 0. The van der Waals surface area contributed by atoms with Crippen LogP contribution in [0, 0.1) is 6.92 Å². The van der Waals surface area contributed by atoms with E-state index in [-0.39, 0.29) is 11.8 Å². The summed E-state index contributed by atoms with van der Waals surface area (Å²) in [6, 6.07) is 14.7. The number of nitrogens with zero attached hydrogens (tertiary/aromatic N) is 2. The lowest BCUT2D eigenvalue weighted by molar-refractivity contribution is 0.0991. The van der Waals surface area contributed by atoms with E-state index in [1.165, 1.54) is 0 Å². The molecule has 0 aliphatic heterocycles. The SMILES string of the molecule is COc1ccccc1-c1nnc(C(=O)Nc2cccc(C)c2)o1. The van der Waals surface area contributed by atoms with E-state index in [1.807, 2.05) is 37.3 Å². The number of ether oxygens (including phenoxy) is 1. The predicted molar refractivity (Wildman–Crippen MR) is 85.4 cm³/mol. The Bertz CT molecular complexity index is 842. The molecule has 0 bridgehead atoms. The molecule has 0 aliphatic rings. The molecule has 0 spiro atoms. The molecule has 0 radical (unpaired) electrons. The second-order valence-corrected chi connectivity index (χ2v) is 4.94. The van der Waals surface area contributed by atoms with Crippen LogP contribution in [0.2, 0.25) is 0 Å². The van der Waals surface area contributed by atoms with Crippen molar-refractivity contribution in [1.29, 1.82) is 0 Å². The Kier molecular flexibility index (Phi) is 4.05. The average molecular weight is 309 g/mol. The Labute approximate surface area is 133 Å². The summed E-state index contributed by atoms with van der Waals surface area (Å²) in [5.41, 5.74) is 2.35. The number of para-hydroxylation sites is 1. The van der Waals surface area contributed by atoms with Crippen molar-refractivity contribution >= 4 is 11.6 Å². The highest BCUT2D eigenvalue weighted by Crippen LogP contribution is 2.28. The molecule has 0 aliphatic carbocycles. The summed E-state index contributed by atoms with van der Waals surface area (Å²) in [7, 11) is 1.56. The van der Waals surface area contributed by atoms with Crippen molar-refractivity contribution in [2.45, 2.75) is 6.92 Å². The summed E-state index contributed by atoms with van der Waals surface area (Å²) in [5, 5.41) is 10.4. The Hall–Kier alpha value is -3.15. The van der Waals surface area contributed by atoms with Crippen molar-refractivity contribution in [2.24, 2.45) is 0 Å². The summed E-state index contributed by atoms with van der Waals surface area (Å²) < 4.78 is 10.7. The van der Waals surface area contributed by atoms with Gasteiger partial charge in [0.2, 0.25) is 0 Å². The first-order valence-electron chi connectivity index (χ1n) is 7.02. The van der Waals surface area contributed by atoms with E-state index >= 15 is 0 Å². The molecule has 0 saturated carbocycles. The Morgan fingerprint density at radius 2 is 1.96 bits per heavy atom. The van der Waals surface area contributed by atoms with Crippen molar-refractivity contribution in [3.8, 4) is 17.2 Å². The maximum atomic E-state index is 12.2. The van der Waals surface area contributed by atoms with Crippen LogP contribution < -0.4 is 10.1 Å². The first kappa shape index (κ1) is 14.8. The first-order valence-corrected chi connectivity index (χ1v) is 7.02. The summed E-state index contributed by atoms with van der Waals surface area (Å²) in [5.74, 6) is 0.273. The van der Waals surface area contributed by atoms with E-state index in [4.69, 9.17) is 9.15 Å². The smallest absolute Gasteiger partial charge is 0.313 e. The number of aryl methyl sites for hydroxylation is 1. The fourth-order valence-corrected chi connectivity index (χ4v) is 2.15. The molecule has 3 rings (SSSR count). The zero-order valence-electron chi connectivity index (χ0n) is 12.7. The first-order chi connectivity index (χ1) is 11.2. The number of rotatable bonds is 4. The third kappa shape index (κ3) is 3.21. The van der Waals surface area contributed by atoms with Gasteiger partial charge in [0.05, 0.1) is 12.7 Å². The molecule has 2 aromatic carbocycles. The summed E-state index contributed by atoms with van der Waals surface area (Å²) in [4.78, 5) is 12.2. The normalized spacial score (nSPS) is 10.3. The van der Waals surface area contributed by atoms with Gasteiger partial charge in [0.15, 0.2) is 0 Å². The average Bonchev–Trinajstić information content (AvgIpc) is 3.05. The highest BCUT2D eigenvalue weighted by molar-refractivity contribution is 6.01. The zero-order chi connectivity index (χ0) is 16.2. The van der Waals surface area contributed by atoms with Crippen molar-refractivity contribution in [2.75, 3.05) is 12.4 Å². The predicted octanol–water partition coefficient (Wildman–Crippen LogP) is 3.31. The van der Waals surface area contributed by atoms with Crippen LogP contribution in [0.15, 0.2) is 52.9 Å². The molecule has 1 heterocycles. The Morgan fingerprint density at radius 3 is 2.74 bits per heavy atom. The molecule has 0 atom stereocenters. The van der Waals surface area contributed by atoms with Crippen molar-refractivity contribution in [3.63, 3.8) is 0 Å². The topological polar surface area (TPSA) is 77.2 Å².